The molecule has 0 saturated carbocycles. The Kier molecular flexibility index (Phi) is 7.43. The van der Waals surface area contributed by atoms with Crippen LogP contribution in [-0.4, -0.2) is 16.6 Å². The monoisotopic (exact) mass is 353 g/mol. The number of aryl methyl sites for hydroxylation is 1. The third-order valence-corrected chi connectivity index (χ3v) is 4.53. The lowest BCUT2D eigenvalue weighted by molar-refractivity contribution is 0.0186. The van der Waals surface area contributed by atoms with Gasteiger partial charge < -0.3 is 9.52 Å². The molecule has 0 bridgehead atoms. The standard InChI is InChI=1S/C23H31NO2/c1-5-14-23(25,15-6-2)22-13-12-21(26-22)18-24(16-7-3)17-20-10-8-19(4)9-11-20/h5-6,8-13,25H,1-2,7,14-18H2,3-4H3. The summed E-state index contributed by atoms with van der Waals surface area (Å²) in [5.74, 6) is 1.45. The second-order valence-electron chi connectivity index (χ2n) is 6.98. The minimum atomic E-state index is -1.06. The van der Waals surface area contributed by atoms with E-state index in [1.54, 1.807) is 12.2 Å². The highest BCUT2D eigenvalue weighted by atomic mass is 16.4. The lowest BCUT2D eigenvalue weighted by atomic mass is 9.93. The number of nitrogens with zero attached hydrogens (tertiary/aromatic N) is 1. The Bertz CT molecular complexity index is 689. The number of benzene rings is 1. The molecule has 0 spiro atoms. The van der Waals surface area contributed by atoms with E-state index >= 15 is 0 Å². The van der Waals surface area contributed by atoms with Crippen LogP contribution in [0.3, 0.4) is 0 Å². The van der Waals surface area contributed by atoms with Crippen LogP contribution < -0.4 is 0 Å². The van der Waals surface area contributed by atoms with E-state index in [-0.39, 0.29) is 0 Å². The molecule has 0 aliphatic rings. The second kappa shape index (κ2) is 9.56. The molecule has 0 aliphatic carbocycles. The molecule has 1 heterocycles. The van der Waals surface area contributed by atoms with E-state index in [2.05, 4.69) is 56.2 Å². The molecule has 0 atom stereocenters. The summed E-state index contributed by atoms with van der Waals surface area (Å²) >= 11 is 0. The molecule has 3 nitrogen and oxygen atoms in total. The molecular formula is C23H31NO2. The van der Waals surface area contributed by atoms with Gasteiger partial charge in [0.15, 0.2) is 0 Å². The first-order chi connectivity index (χ1) is 12.5. The number of aliphatic hydroxyl groups is 1. The molecule has 0 saturated heterocycles. The smallest absolute Gasteiger partial charge is 0.136 e. The minimum absolute atomic E-state index is 0.439. The first-order valence-corrected chi connectivity index (χ1v) is 9.32. The SMILES string of the molecule is C=CCC(O)(CC=C)c1ccc(CN(CCC)Cc2ccc(C)cc2)o1. The number of rotatable bonds is 11. The van der Waals surface area contributed by atoms with E-state index in [4.69, 9.17) is 4.42 Å². The van der Waals surface area contributed by atoms with Gasteiger partial charge in [-0.2, -0.15) is 0 Å². The van der Waals surface area contributed by atoms with Crippen LogP contribution in [0, 0.1) is 6.92 Å². The average molecular weight is 354 g/mol. The summed E-state index contributed by atoms with van der Waals surface area (Å²) in [6, 6.07) is 12.5. The lowest BCUT2D eigenvalue weighted by Gasteiger charge is -2.23. The molecular weight excluding hydrogens is 322 g/mol. The summed E-state index contributed by atoms with van der Waals surface area (Å²) in [5, 5.41) is 10.8. The molecule has 0 radical (unpaired) electrons. The normalized spacial score (nSPS) is 11.7. The van der Waals surface area contributed by atoms with Gasteiger partial charge in [0.05, 0.1) is 6.54 Å². The molecule has 1 aromatic heterocycles. The van der Waals surface area contributed by atoms with Gasteiger partial charge in [-0.25, -0.2) is 0 Å². The van der Waals surface area contributed by atoms with Gasteiger partial charge in [-0.3, -0.25) is 4.90 Å². The van der Waals surface area contributed by atoms with E-state index in [1.165, 1.54) is 11.1 Å². The summed E-state index contributed by atoms with van der Waals surface area (Å²) in [7, 11) is 0. The van der Waals surface area contributed by atoms with E-state index in [0.717, 1.165) is 31.8 Å². The van der Waals surface area contributed by atoms with Crippen LogP contribution in [0.15, 0.2) is 66.1 Å². The fraction of sp³-hybridized carbons (Fsp3) is 0.391. The van der Waals surface area contributed by atoms with Gasteiger partial charge in [0, 0.05) is 19.4 Å². The van der Waals surface area contributed by atoms with Gasteiger partial charge >= 0.3 is 0 Å². The van der Waals surface area contributed by atoms with E-state index in [0.29, 0.717) is 18.6 Å². The van der Waals surface area contributed by atoms with Crippen molar-refractivity contribution in [3.05, 3.63) is 84.4 Å². The zero-order chi connectivity index (χ0) is 19.0. The summed E-state index contributed by atoms with van der Waals surface area (Å²) in [4.78, 5) is 2.37. The van der Waals surface area contributed by atoms with Crippen LogP contribution in [0.2, 0.25) is 0 Å². The van der Waals surface area contributed by atoms with Crippen molar-refractivity contribution < 1.29 is 9.52 Å². The van der Waals surface area contributed by atoms with Crippen molar-refractivity contribution in [2.24, 2.45) is 0 Å². The summed E-state index contributed by atoms with van der Waals surface area (Å²) < 4.78 is 6.00. The third kappa shape index (κ3) is 5.45. The van der Waals surface area contributed by atoms with Crippen molar-refractivity contribution in [3.8, 4) is 0 Å². The number of hydrogen-bond acceptors (Lipinski definition) is 3. The first-order valence-electron chi connectivity index (χ1n) is 9.32. The first kappa shape index (κ1) is 20.2. The second-order valence-corrected chi connectivity index (χ2v) is 6.98. The van der Waals surface area contributed by atoms with Crippen molar-refractivity contribution in [2.45, 2.75) is 51.8 Å². The van der Waals surface area contributed by atoms with Crippen LogP contribution in [0.5, 0.6) is 0 Å². The fourth-order valence-corrected chi connectivity index (χ4v) is 3.18. The molecule has 3 heteroatoms. The van der Waals surface area contributed by atoms with Crippen LogP contribution >= 0.6 is 0 Å². The minimum Gasteiger partial charge on any atom is -0.462 e. The maximum absolute atomic E-state index is 10.8. The van der Waals surface area contributed by atoms with Gasteiger partial charge in [-0.05, 0) is 37.6 Å². The van der Waals surface area contributed by atoms with Crippen molar-refractivity contribution in [1.29, 1.82) is 0 Å². The highest BCUT2D eigenvalue weighted by Gasteiger charge is 2.30. The molecule has 2 aromatic rings. The lowest BCUT2D eigenvalue weighted by Crippen LogP contribution is -2.24. The van der Waals surface area contributed by atoms with Crippen molar-refractivity contribution in [3.63, 3.8) is 0 Å². The Hall–Kier alpha value is -2.10. The Morgan fingerprint density at radius 2 is 1.69 bits per heavy atom. The predicted octanol–water partition coefficient (Wildman–Crippen LogP) is 5.34. The van der Waals surface area contributed by atoms with E-state index < -0.39 is 5.60 Å². The maximum Gasteiger partial charge on any atom is 0.136 e. The molecule has 0 aliphatic heterocycles. The van der Waals surface area contributed by atoms with Crippen molar-refractivity contribution in [1.82, 2.24) is 4.90 Å². The molecule has 0 fully saturated rings. The molecule has 2 rings (SSSR count). The number of furan rings is 1. The van der Waals surface area contributed by atoms with Gasteiger partial charge in [0.1, 0.15) is 17.1 Å². The maximum atomic E-state index is 10.8. The molecule has 26 heavy (non-hydrogen) atoms. The predicted molar refractivity (Wildman–Crippen MR) is 108 cm³/mol. The van der Waals surface area contributed by atoms with Crippen molar-refractivity contribution in [2.75, 3.05) is 6.54 Å². The topological polar surface area (TPSA) is 36.6 Å². The van der Waals surface area contributed by atoms with E-state index in [9.17, 15) is 5.11 Å². The zero-order valence-electron chi connectivity index (χ0n) is 16.1. The van der Waals surface area contributed by atoms with Gasteiger partial charge in [0.25, 0.3) is 0 Å². The Balaban J connectivity index is 2.11. The Morgan fingerprint density at radius 3 is 2.27 bits per heavy atom. The highest BCUT2D eigenvalue weighted by Crippen LogP contribution is 2.31. The largest absolute Gasteiger partial charge is 0.462 e. The molecule has 0 amide bonds. The molecule has 140 valence electrons. The average Bonchev–Trinajstić information content (AvgIpc) is 3.07. The van der Waals surface area contributed by atoms with Crippen LogP contribution in [0.25, 0.3) is 0 Å². The van der Waals surface area contributed by atoms with Crippen LogP contribution in [0.1, 0.15) is 48.8 Å². The Morgan fingerprint density at radius 1 is 1.04 bits per heavy atom. The van der Waals surface area contributed by atoms with Gasteiger partial charge in [-0.1, -0.05) is 48.9 Å². The summed E-state index contributed by atoms with van der Waals surface area (Å²) in [6.07, 6.45) is 5.39. The third-order valence-electron chi connectivity index (χ3n) is 4.53. The van der Waals surface area contributed by atoms with Gasteiger partial charge in [0.2, 0.25) is 0 Å². The molecule has 0 unspecified atom stereocenters. The molecule has 1 N–H and O–H groups in total. The quantitative estimate of drug-likeness (QED) is 0.554. The number of hydrogen-bond donors (Lipinski definition) is 1. The zero-order valence-corrected chi connectivity index (χ0v) is 16.1. The van der Waals surface area contributed by atoms with Crippen molar-refractivity contribution >= 4 is 0 Å². The fourth-order valence-electron chi connectivity index (χ4n) is 3.18. The summed E-state index contributed by atoms with van der Waals surface area (Å²) in [6.45, 7) is 14.4. The van der Waals surface area contributed by atoms with E-state index in [1.807, 2.05) is 12.1 Å². The highest BCUT2D eigenvalue weighted by molar-refractivity contribution is 5.21. The summed E-state index contributed by atoms with van der Waals surface area (Å²) in [5.41, 5.74) is 1.51. The van der Waals surface area contributed by atoms with Crippen LogP contribution in [-0.2, 0) is 18.7 Å². The molecule has 1 aromatic carbocycles. The van der Waals surface area contributed by atoms with Crippen LogP contribution in [0.4, 0.5) is 0 Å². The van der Waals surface area contributed by atoms with Gasteiger partial charge in [-0.15, -0.1) is 13.2 Å². The Labute approximate surface area is 157 Å².